The van der Waals surface area contributed by atoms with E-state index in [2.05, 4.69) is 17.0 Å². The van der Waals surface area contributed by atoms with Gasteiger partial charge in [0.1, 0.15) is 0 Å². The van der Waals surface area contributed by atoms with Crippen molar-refractivity contribution in [2.75, 3.05) is 13.1 Å². The Labute approximate surface area is 95.5 Å². The van der Waals surface area contributed by atoms with E-state index in [0.717, 1.165) is 36.6 Å². The summed E-state index contributed by atoms with van der Waals surface area (Å²) in [6.07, 6.45) is 0.720. The van der Waals surface area contributed by atoms with E-state index in [4.69, 9.17) is 11.6 Å². The molecule has 0 aromatic heterocycles. The van der Waals surface area contributed by atoms with E-state index in [1.54, 1.807) is 0 Å². The van der Waals surface area contributed by atoms with Crippen LogP contribution in [0.1, 0.15) is 17.5 Å². The van der Waals surface area contributed by atoms with Crippen LogP contribution in [-0.4, -0.2) is 29.2 Å². The summed E-state index contributed by atoms with van der Waals surface area (Å²) >= 11 is 6.16. The molecule has 1 aromatic carbocycles. The lowest BCUT2D eigenvalue weighted by atomic mass is 10.1. The molecule has 1 fully saturated rings. The highest BCUT2D eigenvalue weighted by atomic mass is 35.5. The molecular weight excluding hydrogens is 210 g/mol. The Hall–Kier alpha value is -0.570. The Morgan fingerprint density at radius 1 is 1.53 bits per heavy atom. The Balaban J connectivity index is 2.04. The Morgan fingerprint density at radius 3 is 2.93 bits per heavy atom. The molecule has 1 saturated heterocycles. The highest BCUT2D eigenvalue weighted by Gasteiger charge is 2.20. The van der Waals surface area contributed by atoms with Crippen molar-refractivity contribution in [3.8, 4) is 0 Å². The third-order valence-corrected chi connectivity index (χ3v) is 3.20. The monoisotopic (exact) mass is 225 g/mol. The van der Waals surface area contributed by atoms with Gasteiger partial charge in [0.2, 0.25) is 0 Å². The summed E-state index contributed by atoms with van der Waals surface area (Å²) in [5.41, 5.74) is 2.33. The van der Waals surface area contributed by atoms with Crippen LogP contribution in [0.4, 0.5) is 0 Å². The minimum atomic E-state index is -0.158. The first-order valence-electron chi connectivity index (χ1n) is 5.30. The molecule has 1 aliphatic rings. The molecule has 0 aliphatic carbocycles. The topological polar surface area (TPSA) is 23.5 Å². The molecule has 2 nitrogen and oxygen atoms in total. The fourth-order valence-electron chi connectivity index (χ4n) is 1.98. The highest BCUT2D eigenvalue weighted by Crippen LogP contribution is 2.21. The van der Waals surface area contributed by atoms with Gasteiger partial charge >= 0.3 is 0 Å². The SMILES string of the molecule is Cc1ccc(CN2CCC(O)C2)c(Cl)c1. The summed E-state index contributed by atoms with van der Waals surface area (Å²) in [5, 5.41) is 10.2. The number of likely N-dealkylation sites (tertiary alicyclic amines) is 1. The molecule has 3 heteroatoms. The number of aliphatic hydroxyl groups excluding tert-OH is 1. The number of rotatable bonds is 2. The van der Waals surface area contributed by atoms with E-state index in [9.17, 15) is 5.11 Å². The number of hydrogen-bond donors (Lipinski definition) is 1. The van der Waals surface area contributed by atoms with E-state index in [0.29, 0.717) is 0 Å². The molecule has 82 valence electrons. The number of β-amino-alcohol motifs (C(OH)–C–C–N with tert-alkyl or cyclic N) is 1. The average Bonchev–Trinajstić information content (AvgIpc) is 2.56. The number of nitrogens with zero attached hydrogens (tertiary/aromatic N) is 1. The van der Waals surface area contributed by atoms with Crippen LogP contribution >= 0.6 is 11.6 Å². The normalized spacial score (nSPS) is 22.2. The molecule has 1 heterocycles. The van der Waals surface area contributed by atoms with Crippen LogP contribution in [0.15, 0.2) is 18.2 Å². The molecule has 2 rings (SSSR count). The third-order valence-electron chi connectivity index (χ3n) is 2.85. The van der Waals surface area contributed by atoms with Crippen LogP contribution in [0, 0.1) is 6.92 Å². The van der Waals surface area contributed by atoms with Crippen molar-refractivity contribution in [1.82, 2.24) is 4.90 Å². The molecule has 1 N–H and O–H groups in total. The van der Waals surface area contributed by atoms with Crippen molar-refractivity contribution in [2.24, 2.45) is 0 Å². The van der Waals surface area contributed by atoms with Crippen molar-refractivity contribution in [3.63, 3.8) is 0 Å². The largest absolute Gasteiger partial charge is 0.392 e. The van der Waals surface area contributed by atoms with Crippen LogP contribution in [0.25, 0.3) is 0 Å². The van der Waals surface area contributed by atoms with Crippen molar-refractivity contribution >= 4 is 11.6 Å². The number of aryl methyl sites for hydroxylation is 1. The second-order valence-corrected chi connectivity index (χ2v) is 4.68. The maximum atomic E-state index is 9.42. The van der Waals surface area contributed by atoms with Crippen LogP contribution < -0.4 is 0 Å². The first kappa shape index (κ1) is 10.9. The number of hydrogen-bond acceptors (Lipinski definition) is 2. The molecule has 0 amide bonds. The lowest BCUT2D eigenvalue weighted by molar-refractivity contribution is 0.175. The van der Waals surface area contributed by atoms with Crippen molar-refractivity contribution in [1.29, 1.82) is 0 Å². The van der Waals surface area contributed by atoms with E-state index in [-0.39, 0.29) is 6.10 Å². The summed E-state index contributed by atoms with van der Waals surface area (Å²) < 4.78 is 0. The molecule has 0 bridgehead atoms. The average molecular weight is 226 g/mol. The molecule has 0 spiro atoms. The Bertz CT molecular complexity index is 353. The zero-order chi connectivity index (χ0) is 10.8. The maximum absolute atomic E-state index is 9.42. The highest BCUT2D eigenvalue weighted by molar-refractivity contribution is 6.31. The van der Waals surface area contributed by atoms with Gasteiger partial charge in [-0.2, -0.15) is 0 Å². The summed E-state index contributed by atoms with van der Waals surface area (Å²) in [6.45, 7) is 4.61. The molecule has 1 atom stereocenters. The fraction of sp³-hybridized carbons (Fsp3) is 0.500. The Kier molecular flexibility index (Phi) is 3.29. The number of benzene rings is 1. The summed E-state index contributed by atoms with van der Waals surface area (Å²) in [4.78, 5) is 2.24. The van der Waals surface area contributed by atoms with Gasteiger partial charge in [0.15, 0.2) is 0 Å². The standard InChI is InChI=1S/C12H16ClNO/c1-9-2-3-10(12(13)6-9)7-14-5-4-11(15)8-14/h2-3,6,11,15H,4-5,7-8H2,1H3. The van der Waals surface area contributed by atoms with E-state index < -0.39 is 0 Å². The van der Waals surface area contributed by atoms with Gasteiger partial charge in [-0.05, 0) is 30.5 Å². The van der Waals surface area contributed by atoms with Crippen LogP contribution in [0.3, 0.4) is 0 Å². The van der Waals surface area contributed by atoms with Gasteiger partial charge in [-0.1, -0.05) is 23.7 Å². The maximum Gasteiger partial charge on any atom is 0.0679 e. The molecule has 1 aliphatic heterocycles. The van der Waals surface area contributed by atoms with Gasteiger partial charge in [-0.3, -0.25) is 4.90 Å². The second kappa shape index (κ2) is 4.52. The van der Waals surface area contributed by atoms with Crippen LogP contribution in [0.5, 0.6) is 0 Å². The van der Waals surface area contributed by atoms with Gasteiger partial charge in [0.25, 0.3) is 0 Å². The Morgan fingerprint density at radius 2 is 2.33 bits per heavy atom. The minimum absolute atomic E-state index is 0.158. The molecule has 0 radical (unpaired) electrons. The molecule has 1 aromatic rings. The smallest absolute Gasteiger partial charge is 0.0679 e. The van der Waals surface area contributed by atoms with Crippen molar-refractivity contribution in [2.45, 2.75) is 26.0 Å². The minimum Gasteiger partial charge on any atom is -0.392 e. The molecule has 0 saturated carbocycles. The van der Waals surface area contributed by atoms with Crippen LogP contribution in [0.2, 0.25) is 5.02 Å². The van der Waals surface area contributed by atoms with Crippen LogP contribution in [-0.2, 0) is 6.54 Å². The first-order chi connectivity index (χ1) is 7.15. The van der Waals surface area contributed by atoms with Gasteiger partial charge in [0, 0.05) is 24.7 Å². The zero-order valence-electron chi connectivity index (χ0n) is 8.91. The quantitative estimate of drug-likeness (QED) is 0.835. The predicted octanol–water partition coefficient (Wildman–Crippen LogP) is 2.22. The van der Waals surface area contributed by atoms with E-state index >= 15 is 0 Å². The first-order valence-corrected chi connectivity index (χ1v) is 5.68. The van der Waals surface area contributed by atoms with E-state index in [1.807, 2.05) is 13.0 Å². The predicted molar refractivity (Wildman–Crippen MR) is 62.1 cm³/mol. The number of aliphatic hydroxyl groups is 1. The molecular formula is C12H16ClNO. The van der Waals surface area contributed by atoms with E-state index in [1.165, 1.54) is 5.56 Å². The summed E-state index contributed by atoms with van der Waals surface area (Å²) in [7, 11) is 0. The van der Waals surface area contributed by atoms with Gasteiger partial charge in [0.05, 0.1) is 6.10 Å². The third kappa shape index (κ3) is 2.71. The zero-order valence-corrected chi connectivity index (χ0v) is 9.67. The van der Waals surface area contributed by atoms with Gasteiger partial charge in [-0.15, -0.1) is 0 Å². The fourth-order valence-corrected chi connectivity index (χ4v) is 2.27. The van der Waals surface area contributed by atoms with Gasteiger partial charge in [-0.25, -0.2) is 0 Å². The van der Waals surface area contributed by atoms with Gasteiger partial charge < -0.3 is 5.11 Å². The molecule has 15 heavy (non-hydrogen) atoms. The summed E-state index contributed by atoms with van der Waals surface area (Å²) in [6, 6.07) is 6.14. The molecule has 1 unspecified atom stereocenters. The number of halogens is 1. The van der Waals surface area contributed by atoms with Crippen molar-refractivity contribution in [3.05, 3.63) is 34.3 Å². The second-order valence-electron chi connectivity index (χ2n) is 4.27. The lowest BCUT2D eigenvalue weighted by Gasteiger charge is -2.16. The summed E-state index contributed by atoms with van der Waals surface area (Å²) in [5.74, 6) is 0. The lowest BCUT2D eigenvalue weighted by Crippen LogP contribution is -2.21. The van der Waals surface area contributed by atoms with Crippen molar-refractivity contribution < 1.29 is 5.11 Å².